The fraction of sp³-hybridized carbons (Fsp3) is 0.231. The number of nitrogens with zero attached hydrogens (tertiary/aromatic N) is 1. The first-order chi connectivity index (χ1) is 8.58. The van der Waals surface area contributed by atoms with E-state index in [-0.39, 0.29) is 12.2 Å². The topological polar surface area (TPSA) is 66.0 Å². The Labute approximate surface area is 103 Å². The summed E-state index contributed by atoms with van der Waals surface area (Å²) in [5, 5.41) is 8.67. The molecule has 5 heteroatoms. The van der Waals surface area contributed by atoms with Crippen molar-refractivity contribution in [3.05, 3.63) is 41.6 Å². The minimum absolute atomic E-state index is 0.0371. The number of carbonyl (C=O) groups is 1. The van der Waals surface area contributed by atoms with Gasteiger partial charge in [0.1, 0.15) is 5.82 Å². The second kappa shape index (κ2) is 5.00. The number of aromatic amines is 1. The quantitative estimate of drug-likeness (QED) is 0.873. The zero-order valence-electron chi connectivity index (χ0n) is 9.90. The molecule has 0 spiro atoms. The van der Waals surface area contributed by atoms with E-state index in [4.69, 9.17) is 5.11 Å². The summed E-state index contributed by atoms with van der Waals surface area (Å²) >= 11 is 0. The zero-order chi connectivity index (χ0) is 13.1. The summed E-state index contributed by atoms with van der Waals surface area (Å²) in [7, 11) is 0. The smallest absolute Gasteiger partial charge is 0.303 e. The highest BCUT2D eigenvalue weighted by Gasteiger charge is 2.11. The fourth-order valence-corrected chi connectivity index (χ4v) is 1.78. The van der Waals surface area contributed by atoms with Crippen LogP contribution in [0.25, 0.3) is 11.3 Å². The van der Waals surface area contributed by atoms with Gasteiger partial charge in [0.2, 0.25) is 0 Å². The van der Waals surface area contributed by atoms with Gasteiger partial charge in [0, 0.05) is 17.7 Å². The van der Waals surface area contributed by atoms with Crippen molar-refractivity contribution in [2.45, 2.75) is 19.8 Å². The van der Waals surface area contributed by atoms with E-state index in [9.17, 15) is 9.18 Å². The largest absolute Gasteiger partial charge is 0.481 e. The number of rotatable bonds is 4. The van der Waals surface area contributed by atoms with Gasteiger partial charge in [0.25, 0.3) is 0 Å². The van der Waals surface area contributed by atoms with Gasteiger partial charge in [-0.1, -0.05) is 0 Å². The maximum absolute atomic E-state index is 13.2. The summed E-state index contributed by atoms with van der Waals surface area (Å²) < 4.78 is 13.2. The molecule has 0 radical (unpaired) electrons. The molecule has 0 unspecified atom stereocenters. The summed E-state index contributed by atoms with van der Waals surface area (Å²) in [4.78, 5) is 17.6. The molecule has 0 fully saturated rings. The summed E-state index contributed by atoms with van der Waals surface area (Å²) in [6.45, 7) is 1.68. The first kappa shape index (κ1) is 12.3. The number of aliphatic carboxylic acids is 1. The van der Waals surface area contributed by atoms with E-state index in [2.05, 4.69) is 9.97 Å². The first-order valence-corrected chi connectivity index (χ1v) is 5.58. The van der Waals surface area contributed by atoms with E-state index in [1.54, 1.807) is 19.1 Å². The lowest BCUT2D eigenvalue weighted by Gasteiger charge is -2.03. The van der Waals surface area contributed by atoms with Gasteiger partial charge in [0.15, 0.2) is 0 Å². The van der Waals surface area contributed by atoms with Crippen molar-refractivity contribution in [2.75, 3.05) is 0 Å². The maximum Gasteiger partial charge on any atom is 0.303 e. The van der Waals surface area contributed by atoms with E-state index in [0.29, 0.717) is 17.7 Å². The molecule has 0 bridgehead atoms. The molecule has 0 amide bonds. The lowest BCUT2D eigenvalue weighted by Crippen LogP contribution is -1.99. The van der Waals surface area contributed by atoms with Crippen LogP contribution in [0.3, 0.4) is 0 Å². The lowest BCUT2D eigenvalue weighted by molar-refractivity contribution is -0.136. The number of halogens is 1. The van der Waals surface area contributed by atoms with Crippen LogP contribution in [-0.4, -0.2) is 21.0 Å². The molecule has 0 aliphatic rings. The molecule has 0 saturated heterocycles. The van der Waals surface area contributed by atoms with E-state index in [1.807, 2.05) is 0 Å². The number of hydrogen-bond acceptors (Lipinski definition) is 2. The van der Waals surface area contributed by atoms with Crippen LogP contribution >= 0.6 is 0 Å². The Bertz CT molecular complexity index is 578. The molecule has 94 valence electrons. The number of H-pyrrole nitrogens is 1. The summed E-state index contributed by atoms with van der Waals surface area (Å²) in [5.74, 6) is -1.12. The number of imidazole rings is 1. The second-order valence-electron chi connectivity index (χ2n) is 4.09. The number of aromatic nitrogens is 2. The molecule has 2 rings (SSSR count). The Morgan fingerprint density at radius 2 is 2.28 bits per heavy atom. The van der Waals surface area contributed by atoms with Crippen LogP contribution < -0.4 is 0 Å². The highest BCUT2D eigenvalue weighted by atomic mass is 19.1. The van der Waals surface area contributed by atoms with Gasteiger partial charge in [0.05, 0.1) is 18.4 Å². The van der Waals surface area contributed by atoms with Gasteiger partial charge in [-0.25, -0.2) is 9.37 Å². The van der Waals surface area contributed by atoms with E-state index >= 15 is 0 Å². The number of benzene rings is 1. The monoisotopic (exact) mass is 248 g/mol. The van der Waals surface area contributed by atoms with Gasteiger partial charge in [-0.3, -0.25) is 4.79 Å². The average molecular weight is 248 g/mol. The Hall–Kier alpha value is -2.17. The predicted octanol–water partition coefficient (Wildman–Crippen LogP) is 2.54. The lowest BCUT2D eigenvalue weighted by atomic mass is 10.1. The van der Waals surface area contributed by atoms with Crippen molar-refractivity contribution in [2.24, 2.45) is 0 Å². The predicted molar refractivity (Wildman–Crippen MR) is 64.7 cm³/mol. The molecule has 0 atom stereocenters. The molecule has 1 heterocycles. The molecule has 1 aromatic carbocycles. The minimum atomic E-state index is -0.856. The second-order valence-corrected chi connectivity index (χ2v) is 4.09. The van der Waals surface area contributed by atoms with E-state index in [1.165, 1.54) is 12.4 Å². The third-order valence-electron chi connectivity index (χ3n) is 2.74. The molecule has 0 aliphatic carbocycles. The molecular weight excluding hydrogens is 235 g/mol. The number of nitrogens with one attached hydrogen (secondary N) is 1. The van der Waals surface area contributed by atoms with Crippen molar-refractivity contribution in [3.8, 4) is 11.3 Å². The Balaban J connectivity index is 2.30. The van der Waals surface area contributed by atoms with Crippen LogP contribution in [0, 0.1) is 12.7 Å². The van der Waals surface area contributed by atoms with Crippen LogP contribution in [0.2, 0.25) is 0 Å². The highest BCUT2D eigenvalue weighted by Crippen LogP contribution is 2.23. The van der Waals surface area contributed by atoms with Gasteiger partial charge >= 0.3 is 5.97 Å². The van der Waals surface area contributed by atoms with Gasteiger partial charge in [-0.05, 0) is 30.7 Å². The van der Waals surface area contributed by atoms with E-state index < -0.39 is 5.97 Å². The fourth-order valence-electron chi connectivity index (χ4n) is 1.78. The van der Waals surface area contributed by atoms with Crippen molar-refractivity contribution >= 4 is 5.97 Å². The standard InChI is InChI=1S/C13H13FN2O2/c1-8-6-9(2-3-10(8)14)13-11(15-7-16-13)4-5-12(17)18/h2-3,6-7H,4-5H2,1H3,(H,15,16)(H,17,18). The SMILES string of the molecule is Cc1cc(-c2nc[nH]c2CCC(=O)O)ccc1F. The maximum atomic E-state index is 13.2. The van der Waals surface area contributed by atoms with Crippen molar-refractivity contribution in [1.29, 1.82) is 0 Å². The summed E-state index contributed by atoms with van der Waals surface area (Å²) in [6.07, 6.45) is 1.93. The Kier molecular flexibility index (Phi) is 3.41. The number of aryl methyl sites for hydroxylation is 2. The molecular formula is C13H13FN2O2. The normalized spacial score (nSPS) is 10.6. The number of hydrogen-bond donors (Lipinski definition) is 2. The highest BCUT2D eigenvalue weighted by molar-refractivity contribution is 5.68. The van der Waals surface area contributed by atoms with Crippen LogP contribution in [0.4, 0.5) is 4.39 Å². The van der Waals surface area contributed by atoms with Crippen LogP contribution in [-0.2, 0) is 11.2 Å². The molecule has 1 aromatic heterocycles. The first-order valence-electron chi connectivity index (χ1n) is 5.58. The van der Waals surface area contributed by atoms with Crippen molar-refractivity contribution in [3.63, 3.8) is 0 Å². The van der Waals surface area contributed by atoms with Gasteiger partial charge in [-0.2, -0.15) is 0 Å². The molecule has 4 nitrogen and oxygen atoms in total. The number of carboxylic acids is 1. The third kappa shape index (κ3) is 2.56. The third-order valence-corrected chi connectivity index (χ3v) is 2.74. The Morgan fingerprint density at radius 3 is 2.94 bits per heavy atom. The average Bonchev–Trinajstić information content (AvgIpc) is 2.78. The summed E-state index contributed by atoms with van der Waals surface area (Å²) in [6, 6.07) is 4.73. The number of carboxylic acid groups (broad SMARTS) is 1. The summed E-state index contributed by atoms with van der Waals surface area (Å²) in [5.41, 5.74) is 2.76. The van der Waals surface area contributed by atoms with Crippen molar-refractivity contribution in [1.82, 2.24) is 9.97 Å². The zero-order valence-corrected chi connectivity index (χ0v) is 9.90. The molecule has 0 aliphatic heterocycles. The van der Waals surface area contributed by atoms with Gasteiger partial charge < -0.3 is 10.1 Å². The molecule has 18 heavy (non-hydrogen) atoms. The van der Waals surface area contributed by atoms with Crippen molar-refractivity contribution < 1.29 is 14.3 Å². The van der Waals surface area contributed by atoms with Gasteiger partial charge in [-0.15, -0.1) is 0 Å². The van der Waals surface area contributed by atoms with E-state index in [0.717, 1.165) is 11.3 Å². The molecule has 0 saturated carbocycles. The molecule has 2 aromatic rings. The van der Waals surface area contributed by atoms with Crippen LogP contribution in [0.1, 0.15) is 17.7 Å². The van der Waals surface area contributed by atoms with Crippen LogP contribution in [0.5, 0.6) is 0 Å². The Morgan fingerprint density at radius 1 is 1.50 bits per heavy atom. The minimum Gasteiger partial charge on any atom is -0.481 e. The van der Waals surface area contributed by atoms with Crippen LogP contribution in [0.15, 0.2) is 24.5 Å². The molecule has 2 N–H and O–H groups in total.